The van der Waals surface area contributed by atoms with E-state index in [0.717, 1.165) is 18.4 Å². The minimum absolute atomic E-state index is 0.915. The minimum Gasteiger partial charge on any atom is -0.496 e. The van der Waals surface area contributed by atoms with Crippen LogP contribution in [0.25, 0.3) is 11.1 Å². The number of hydrogen-bond acceptors (Lipinski definition) is 2. The van der Waals surface area contributed by atoms with E-state index in [2.05, 4.69) is 18.2 Å². The molecular weight excluding hydrogens is 200 g/mol. The summed E-state index contributed by atoms with van der Waals surface area (Å²) in [4.78, 5) is 0. The summed E-state index contributed by atoms with van der Waals surface area (Å²) in [6, 6.07) is 18.3. The summed E-state index contributed by atoms with van der Waals surface area (Å²) >= 11 is 0. The lowest BCUT2D eigenvalue weighted by Gasteiger charge is -2.07. The first-order valence-corrected chi connectivity index (χ1v) is 5.05. The van der Waals surface area contributed by atoms with Crippen molar-refractivity contribution >= 4 is 0 Å². The largest absolute Gasteiger partial charge is 0.496 e. The molecule has 0 saturated heterocycles. The summed E-state index contributed by atoms with van der Waals surface area (Å²) < 4.78 is 5.30. The van der Waals surface area contributed by atoms with Gasteiger partial charge in [0, 0.05) is 12.7 Å². The van der Waals surface area contributed by atoms with E-state index in [0.29, 0.717) is 0 Å². The van der Waals surface area contributed by atoms with Crippen LogP contribution in [0.3, 0.4) is 0 Å². The van der Waals surface area contributed by atoms with Gasteiger partial charge in [-0.3, -0.25) is 0 Å². The van der Waals surface area contributed by atoms with Crippen molar-refractivity contribution in [1.29, 1.82) is 0 Å². The van der Waals surface area contributed by atoms with E-state index in [-0.39, 0.29) is 0 Å². The van der Waals surface area contributed by atoms with Crippen LogP contribution in [0.1, 0.15) is 0 Å². The quantitative estimate of drug-likeness (QED) is 0.836. The molecule has 2 aromatic carbocycles. The number of ether oxygens (including phenoxy) is 1. The smallest absolute Gasteiger partial charge is 0.126 e. The highest BCUT2D eigenvalue weighted by molar-refractivity contribution is 5.70. The lowest BCUT2D eigenvalue weighted by atomic mass is 10.1. The summed E-state index contributed by atoms with van der Waals surface area (Å²) in [7, 11) is 2.70. The molecule has 0 aliphatic heterocycles. The Labute approximate surface area is 96.1 Å². The molecule has 0 aromatic heterocycles. The molecule has 0 amide bonds. The monoisotopic (exact) mass is 216 g/mol. The standard InChI is InChI=1S/C13H12O.CH4O/c1-14-13-10-6-5-9-12(13)11-7-3-2-4-8-11;1-2/h2-10H,1H3;2H,1H3. The van der Waals surface area contributed by atoms with Crippen molar-refractivity contribution in [2.75, 3.05) is 14.2 Å². The number of benzene rings is 2. The Kier molecular flexibility index (Phi) is 5.09. The van der Waals surface area contributed by atoms with E-state index in [1.165, 1.54) is 5.56 Å². The Balaban J connectivity index is 0.000000606. The Morgan fingerprint density at radius 2 is 1.38 bits per heavy atom. The molecule has 84 valence electrons. The molecule has 0 bridgehead atoms. The molecule has 0 aliphatic rings. The van der Waals surface area contributed by atoms with Crippen molar-refractivity contribution < 1.29 is 9.84 Å². The van der Waals surface area contributed by atoms with Crippen LogP contribution in [0.5, 0.6) is 5.75 Å². The average molecular weight is 216 g/mol. The minimum atomic E-state index is 0.915. The van der Waals surface area contributed by atoms with Gasteiger partial charge in [-0.1, -0.05) is 48.5 Å². The van der Waals surface area contributed by atoms with Crippen LogP contribution < -0.4 is 4.74 Å². The maximum Gasteiger partial charge on any atom is 0.126 e. The molecule has 0 heterocycles. The second kappa shape index (κ2) is 6.64. The molecule has 1 N–H and O–H groups in total. The molecule has 0 saturated carbocycles. The van der Waals surface area contributed by atoms with Gasteiger partial charge < -0.3 is 9.84 Å². The molecule has 2 rings (SSSR count). The van der Waals surface area contributed by atoms with Crippen molar-refractivity contribution in [1.82, 2.24) is 0 Å². The molecule has 0 radical (unpaired) electrons. The number of rotatable bonds is 2. The van der Waals surface area contributed by atoms with Crippen LogP contribution in [0, 0.1) is 0 Å². The third kappa shape index (κ3) is 2.84. The SMILES string of the molecule is CO.COc1ccccc1-c1ccccc1. The fraction of sp³-hybridized carbons (Fsp3) is 0.143. The van der Waals surface area contributed by atoms with Crippen molar-refractivity contribution in [2.45, 2.75) is 0 Å². The summed E-state index contributed by atoms with van der Waals surface area (Å²) in [5, 5.41) is 7.00. The van der Waals surface area contributed by atoms with Crippen LogP contribution in [0.2, 0.25) is 0 Å². The van der Waals surface area contributed by atoms with Crippen LogP contribution >= 0.6 is 0 Å². The Bertz CT molecular complexity index is 410. The van der Waals surface area contributed by atoms with Crippen LogP contribution in [0.15, 0.2) is 54.6 Å². The first-order chi connectivity index (χ1) is 7.92. The average Bonchev–Trinajstić information content (AvgIpc) is 2.42. The van der Waals surface area contributed by atoms with Gasteiger partial charge in [0.1, 0.15) is 5.75 Å². The molecule has 2 heteroatoms. The fourth-order valence-electron chi connectivity index (χ4n) is 1.50. The molecular formula is C14H16O2. The van der Waals surface area contributed by atoms with Gasteiger partial charge in [-0.15, -0.1) is 0 Å². The molecule has 0 unspecified atom stereocenters. The van der Waals surface area contributed by atoms with E-state index in [1.807, 2.05) is 36.4 Å². The number of aliphatic hydroxyl groups excluding tert-OH is 1. The predicted octanol–water partition coefficient (Wildman–Crippen LogP) is 2.97. The van der Waals surface area contributed by atoms with Gasteiger partial charge in [0.25, 0.3) is 0 Å². The van der Waals surface area contributed by atoms with E-state index >= 15 is 0 Å². The highest BCUT2D eigenvalue weighted by Crippen LogP contribution is 2.28. The lowest BCUT2D eigenvalue weighted by molar-refractivity contribution is 0.399. The Hall–Kier alpha value is -1.80. The molecule has 2 aromatic rings. The highest BCUT2D eigenvalue weighted by Gasteiger charge is 2.02. The van der Waals surface area contributed by atoms with Gasteiger partial charge >= 0.3 is 0 Å². The fourth-order valence-corrected chi connectivity index (χ4v) is 1.50. The van der Waals surface area contributed by atoms with Crippen molar-refractivity contribution in [3.05, 3.63) is 54.6 Å². The number of methoxy groups -OCH3 is 1. The van der Waals surface area contributed by atoms with Crippen LogP contribution in [0.4, 0.5) is 0 Å². The maximum absolute atomic E-state index is 7.00. The zero-order chi connectivity index (χ0) is 11.8. The van der Waals surface area contributed by atoms with Crippen LogP contribution in [-0.4, -0.2) is 19.3 Å². The molecule has 0 spiro atoms. The number of hydrogen-bond donors (Lipinski definition) is 1. The predicted molar refractivity (Wildman–Crippen MR) is 66.6 cm³/mol. The summed E-state index contributed by atoms with van der Waals surface area (Å²) in [6.45, 7) is 0. The van der Waals surface area contributed by atoms with Gasteiger partial charge in [-0.2, -0.15) is 0 Å². The Morgan fingerprint density at radius 3 is 2.00 bits per heavy atom. The first kappa shape index (κ1) is 12.3. The van der Waals surface area contributed by atoms with Gasteiger partial charge in [0.2, 0.25) is 0 Å². The first-order valence-electron chi connectivity index (χ1n) is 5.05. The summed E-state index contributed by atoms with van der Waals surface area (Å²) in [5.41, 5.74) is 2.32. The van der Waals surface area contributed by atoms with E-state index in [1.54, 1.807) is 7.11 Å². The summed E-state index contributed by atoms with van der Waals surface area (Å²) in [6.07, 6.45) is 0. The molecule has 16 heavy (non-hydrogen) atoms. The van der Waals surface area contributed by atoms with Crippen molar-refractivity contribution in [3.63, 3.8) is 0 Å². The molecule has 0 fully saturated rings. The maximum atomic E-state index is 7.00. The lowest BCUT2D eigenvalue weighted by Crippen LogP contribution is -1.86. The van der Waals surface area contributed by atoms with Crippen LogP contribution in [-0.2, 0) is 0 Å². The van der Waals surface area contributed by atoms with Gasteiger partial charge in [0.05, 0.1) is 7.11 Å². The molecule has 0 atom stereocenters. The van der Waals surface area contributed by atoms with Gasteiger partial charge in [0.15, 0.2) is 0 Å². The summed E-state index contributed by atoms with van der Waals surface area (Å²) in [5.74, 6) is 0.915. The van der Waals surface area contributed by atoms with Crippen molar-refractivity contribution in [2.24, 2.45) is 0 Å². The zero-order valence-corrected chi connectivity index (χ0v) is 9.55. The van der Waals surface area contributed by atoms with Gasteiger partial charge in [-0.05, 0) is 11.6 Å². The molecule has 2 nitrogen and oxygen atoms in total. The second-order valence-corrected chi connectivity index (χ2v) is 3.07. The normalized spacial score (nSPS) is 8.94. The molecule has 0 aliphatic carbocycles. The number of para-hydroxylation sites is 1. The van der Waals surface area contributed by atoms with E-state index in [9.17, 15) is 0 Å². The zero-order valence-electron chi connectivity index (χ0n) is 9.55. The second-order valence-electron chi connectivity index (χ2n) is 3.07. The van der Waals surface area contributed by atoms with Gasteiger partial charge in [-0.25, -0.2) is 0 Å². The van der Waals surface area contributed by atoms with Crippen molar-refractivity contribution in [3.8, 4) is 16.9 Å². The Morgan fingerprint density at radius 1 is 0.812 bits per heavy atom. The third-order valence-electron chi connectivity index (χ3n) is 2.19. The van der Waals surface area contributed by atoms with E-state index < -0.39 is 0 Å². The van der Waals surface area contributed by atoms with E-state index in [4.69, 9.17) is 9.84 Å². The highest BCUT2D eigenvalue weighted by atomic mass is 16.5. The number of aliphatic hydroxyl groups is 1. The third-order valence-corrected chi connectivity index (χ3v) is 2.19. The topological polar surface area (TPSA) is 29.5 Å².